The van der Waals surface area contributed by atoms with Crippen molar-refractivity contribution in [2.75, 3.05) is 18.5 Å². The summed E-state index contributed by atoms with van der Waals surface area (Å²) < 4.78 is 23.4. The molecule has 0 fully saturated rings. The minimum Gasteiger partial charge on any atom is -0.494 e. The number of nitriles is 1. The molecule has 7 nitrogen and oxygen atoms in total. The van der Waals surface area contributed by atoms with Gasteiger partial charge in [-0.25, -0.2) is 0 Å². The minimum atomic E-state index is -0.556. The van der Waals surface area contributed by atoms with E-state index in [0.717, 1.165) is 11.1 Å². The molecule has 0 aliphatic carbocycles. The van der Waals surface area contributed by atoms with Crippen molar-refractivity contribution in [2.24, 2.45) is 0 Å². The molecular formula is C34H31ClN2O5. The molecule has 0 saturated carbocycles. The first kappa shape index (κ1) is 30.0. The molecule has 42 heavy (non-hydrogen) atoms. The molecule has 0 aromatic heterocycles. The fraction of sp³-hybridized carbons (Fsp3) is 0.176. The third-order valence-electron chi connectivity index (χ3n) is 6.00. The highest BCUT2D eigenvalue weighted by Gasteiger charge is 2.13. The van der Waals surface area contributed by atoms with Crippen LogP contribution >= 0.6 is 11.6 Å². The summed E-state index contributed by atoms with van der Waals surface area (Å²) in [5.74, 6) is 1.85. The predicted molar refractivity (Wildman–Crippen MR) is 164 cm³/mol. The number of carbonyl (C=O) groups excluding carboxylic acids is 1. The summed E-state index contributed by atoms with van der Waals surface area (Å²) in [7, 11) is 0. The smallest absolute Gasteiger partial charge is 0.266 e. The maximum Gasteiger partial charge on any atom is 0.266 e. The molecule has 0 atom stereocenters. The quantitative estimate of drug-likeness (QED) is 0.128. The number of amides is 1. The number of rotatable bonds is 13. The molecular weight excluding hydrogens is 552 g/mol. The summed E-state index contributed by atoms with van der Waals surface area (Å²) in [4.78, 5) is 12.9. The Morgan fingerprint density at radius 1 is 0.786 bits per heavy atom. The number of halogens is 1. The van der Waals surface area contributed by atoms with Crippen LogP contribution < -0.4 is 24.3 Å². The molecule has 214 valence electrons. The average Bonchev–Trinajstić information content (AvgIpc) is 3.00. The molecule has 0 aliphatic heterocycles. The van der Waals surface area contributed by atoms with E-state index >= 15 is 0 Å². The van der Waals surface area contributed by atoms with Crippen molar-refractivity contribution in [2.45, 2.75) is 27.1 Å². The average molecular weight is 583 g/mol. The van der Waals surface area contributed by atoms with E-state index in [9.17, 15) is 10.1 Å². The Labute approximate surface area is 250 Å². The topological polar surface area (TPSA) is 89.8 Å². The third kappa shape index (κ3) is 8.53. The van der Waals surface area contributed by atoms with Gasteiger partial charge in [-0.3, -0.25) is 4.79 Å². The standard InChI is InChI=1S/C34H31ClN2O5/c1-3-39-30-14-12-29(13-15-30)37-34(38)27(21-36)19-26-20-28(35)11-17-31(26)41-23-25-10-16-32(33(18-25)40-4-2)42-22-24-8-6-5-7-9-24/h5-20H,3-4,22-23H2,1-2H3,(H,37,38)/b27-19+. The van der Waals surface area contributed by atoms with Crippen molar-refractivity contribution >= 4 is 29.3 Å². The molecule has 0 heterocycles. The van der Waals surface area contributed by atoms with E-state index < -0.39 is 5.91 Å². The largest absolute Gasteiger partial charge is 0.494 e. The van der Waals surface area contributed by atoms with Crippen LogP contribution in [0.1, 0.15) is 30.5 Å². The number of carbonyl (C=O) groups is 1. The van der Waals surface area contributed by atoms with Gasteiger partial charge in [0.2, 0.25) is 0 Å². The maximum absolute atomic E-state index is 12.9. The normalized spacial score (nSPS) is 10.9. The number of ether oxygens (including phenoxy) is 4. The van der Waals surface area contributed by atoms with E-state index in [0.29, 0.717) is 59.1 Å². The van der Waals surface area contributed by atoms with Crippen molar-refractivity contribution < 1.29 is 23.7 Å². The lowest BCUT2D eigenvalue weighted by atomic mass is 10.1. The molecule has 0 unspecified atom stereocenters. The Balaban J connectivity index is 1.47. The van der Waals surface area contributed by atoms with Crippen molar-refractivity contribution in [3.63, 3.8) is 0 Å². The summed E-state index contributed by atoms with van der Waals surface area (Å²) in [5, 5.41) is 12.9. The van der Waals surface area contributed by atoms with Gasteiger partial charge in [-0.1, -0.05) is 48.0 Å². The van der Waals surface area contributed by atoms with Gasteiger partial charge in [-0.05, 0) is 85.6 Å². The van der Waals surface area contributed by atoms with E-state index in [2.05, 4.69) is 5.32 Å². The third-order valence-corrected chi connectivity index (χ3v) is 6.23. The maximum atomic E-state index is 12.9. The van der Waals surface area contributed by atoms with E-state index in [-0.39, 0.29) is 12.2 Å². The number of benzene rings is 4. The van der Waals surface area contributed by atoms with Crippen molar-refractivity contribution in [1.82, 2.24) is 0 Å². The molecule has 0 bridgehead atoms. The van der Waals surface area contributed by atoms with Gasteiger partial charge in [0, 0.05) is 16.3 Å². The highest BCUT2D eigenvalue weighted by atomic mass is 35.5. The van der Waals surface area contributed by atoms with Crippen LogP contribution in [0.4, 0.5) is 5.69 Å². The molecule has 0 spiro atoms. The van der Waals surface area contributed by atoms with Gasteiger partial charge >= 0.3 is 0 Å². The summed E-state index contributed by atoms with van der Waals surface area (Å²) >= 11 is 6.25. The van der Waals surface area contributed by atoms with Gasteiger partial charge < -0.3 is 24.3 Å². The second-order valence-electron chi connectivity index (χ2n) is 9.04. The van der Waals surface area contributed by atoms with E-state index in [4.69, 9.17) is 30.5 Å². The lowest BCUT2D eigenvalue weighted by Crippen LogP contribution is -2.13. The molecule has 4 aromatic rings. The van der Waals surface area contributed by atoms with Gasteiger partial charge in [0.15, 0.2) is 11.5 Å². The van der Waals surface area contributed by atoms with E-state index in [1.54, 1.807) is 42.5 Å². The van der Waals surface area contributed by atoms with Crippen molar-refractivity contribution in [3.05, 3.63) is 118 Å². The zero-order valence-electron chi connectivity index (χ0n) is 23.4. The Kier molecular flexibility index (Phi) is 10.9. The van der Waals surface area contributed by atoms with Crippen LogP contribution in [-0.2, 0) is 18.0 Å². The van der Waals surface area contributed by atoms with Gasteiger partial charge in [-0.15, -0.1) is 0 Å². The molecule has 0 radical (unpaired) electrons. The lowest BCUT2D eigenvalue weighted by molar-refractivity contribution is -0.112. The van der Waals surface area contributed by atoms with Crippen LogP contribution in [0.3, 0.4) is 0 Å². The number of nitrogens with zero attached hydrogens (tertiary/aromatic N) is 1. The monoisotopic (exact) mass is 582 g/mol. The summed E-state index contributed by atoms with van der Waals surface area (Å²) in [5.41, 5.74) is 2.83. The zero-order valence-corrected chi connectivity index (χ0v) is 24.2. The van der Waals surface area contributed by atoms with Crippen molar-refractivity contribution in [1.29, 1.82) is 5.26 Å². The van der Waals surface area contributed by atoms with Crippen LogP contribution in [0, 0.1) is 11.3 Å². The molecule has 4 rings (SSSR count). The van der Waals surface area contributed by atoms with Gasteiger partial charge in [0.25, 0.3) is 5.91 Å². The van der Waals surface area contributed by atoms with Crippen LogP contribution in [0.25, 0.3) is 6.08 Å². The molecule has 1 N–H and O–H groups in total. The van der Waals surface area contributed by atoms with Gasteiger partial charge in [-0.2, -0.15) is 5.26 Å². The van der Waals surface area contributed by atoms with Gasteiger partial charge in [0.05, 0.1) is 13.2 Å². The summed E-state index contributed by atoms with van der Waals surface area (Å²) in [6.45, 7) is 5.46. The van der Waals surface area contributed by atoms with Crippen LogP contribution in [-0.4, -0.2) is 19.1 Å². The molecule has 4 aromatic carbocycles. The minimum absolute atomic E-state index is 0.102. The van der Waals surface area contributed by atoms with Gasteiger partial charge in [0.1, 0.15) is 36.4 Å². The van der Waals surface area contributed by atoms with E-state index in [1.807, 2.05) is 68.4 Å². The Hall–Kier alpha value is -4.93. The van der Waals surface area contributed by atoms with Crippen LogP contribution in [0.15, 0.2) is 96.6 Å². The highest BCUT2D eigenvalue weighted by Crippen LogP contribution is 2.31. The Bertz CT molecular complexity index is 1560. The first-order valence-electron chi connectivity index (χ1n) is 13.5. The summed E-state index contributed by atoms with van der Waals surface area (Å²) in [6, 6.07) is 29.5. The second kappa shape index (κ2) is 15.2. The Morgan fingerprint density at radius 3 is 2.19 bits per heavy atom. The lowest BCUT2D eigenvalue weighted by Gasteiger charge is -2.15. The number of nitrogens with one attached hydrogen (secondary N) is 1. The number of hydrogen-bond donors (Lipinski definition) is 1. The molecule has 1 amide bonds. The van der Waals surface area contributed by atoms with E-state index in [1.165, 1.54) is 6.08 Å². The Morgan fingerprint density at radius 2 is 1.48 bits per heavy atom. The number of anilines is 1. The zero-order chi connectivity index (χ0) is 29.7. The molecule has 0 aliphatic rings. The predicted octanol–water partition coefficient (Wildman–Crippen LogP) is 7.84. The SMILES string of the molecule is CCOc1ccc(NC(=O)/C(C#N)=C/c2cc(Cl)ccc2OCc2ccc(OCc3ccccc3)c(OCC)c2)cc1. The highest BCUT2D eigenvalue weighted by molar-refractivity contribution is 6.30. The van der Waals surface area contributed by atoms with Crippen LogP contribution in [0.2, 0.25) is 5.02 Å². The fourth-order valence-corrected chi connectivity index (χ4v) is 4.17. The molecule has 8 heteroatoms. The fourth-order valence-electron chi connectivity index (χ4n) is 3.99. The first-order valence-corrected chi connectivity index (χ1v) is 13.9. The van der Waals surface area contributed by atoms with Crippen molar-refractivity contribution in [3.8, 4) is 29.1 Å². The molecule has 0 saturated heterocycles. The second-order valence-corrected chi connectivity index (χ2v) is 9.48. The first-order chi connectivity index (χ1) is 20.5. The number of hydrogen-bond acceptors (Lipinski definition) is 6. The summed E-state index contributed by atoms with van der Waals surface area (Å²) in [6.07, 6.45) is 1.46. The van der Waals surface area contributed by atoms with Crippen LogP contribution in [0.5, 0.6) is 23.0 Å².